The molecule has 4 nitrogen and oxygen atoms in total. The standard InChI is InChI=1S/C18H19ClN2O2S/c1-2-23-18(22)15-9-20-17(24-15)16-12-5-3-4-11(12)13-8-10(19)6-7-14(13)21-16/h6-9,11-12,16,21H,2-5H2,1H3/t11-,12+,16-/m1/s1. The Bertz CT molecular complexity index is 776. The fourth-order valence-corrected chi connectivity index (χ4v) is 5.11. The van der Waals surface area contributed by atoms with Crippen molar-refractivity contribution in [2.75, 3.05) is 11.9 Å². The molecular formula is C18H19ClN2O2S. The van der Waals surface area contributed by atoms with E-state index in [-0.39, 0.29) is 12.0 Å². The van der Waals surface area contributed by atoms with E-state index in [2.05, 4.69) is 22.4 Å². The number of hydrogen-bond donors (Lipinski definition) is 1. The lowest BCUT2D eigenvalue weighted by molar-refractivity contribution is 0.0532. The van der Waals surface area contributed by atoms with Crippen molar-refractivity contribution < 1.29 is 9.53 Å². The molecule has 126 valence electrons. The predicted octanol–water partition coefficient (Wildman–Crippen LogP) is 5.02. The number of carbonyl (C=O) groups is 1. The molecule has 3 atom stereocenters. The van der Waals surface area contributed by atoms with Gasteiger partial charge in [-0.1, -0.05) is 18.0 Å². The van der Waals surface area contributed by atoms with E-state index < -0.39 is 0 Å². The molecule has 1 aromatic carbocycles. The predicted molar refractivity (Wildman–Crippen MR) is 96.0 cm³/mol. The molecule has 0 radical (unpaired) electrons. The molecule has 24 heavy (non-hydrogen) atoms. The van der Waals surface area contributed by atoms with E-state index in [9.17, 15) is 4.79 Å². The second kappa shape index (κ2) is 6.37. The molecule has 0 spiro atoms. The Labute approximate surface area is 150 Å². The summed E-state index contributed by atoms with van der Waals surface area (Å²) in [6, 6.07) is 6.22. The van der Waals surface area contributed by atoms with Crippen LogP contribution in [0.1, 0.15) is 58.4 Å². The monoisotopic (exact) mass is 362 g/mol. The average Bonchev–Trinajstić information content (AvgIpc) is 3.24. The van der Waals surface area contributed by atoms with Crippen LogP contribution in [0.3, 0.4) is 0 Å². The molecule has 2 aliphatic rings. The number of hydrogen-bond acceptors (Lipinski definition) is 5. The number of esters is 1. The number of halogens is 1. The summed E-state index contributed by atoms with van der Waals surface area (Å²) in [5.74, 6) is 0.726. The summed E-state index contributed by atoms with van der Waals surface area (Å²) >= 11 is 7.64. The van der Waals surface area contributed by atoms with Gasteiger partial charge in [0.05, 0.1) is 18.8 Å². The lowest BCUT2D eigenvalue weighted by Crippen LogP contribution is -2.28. The second-order valence-corrected chi connectivity index (χ2v) is 7.84. The first-order valence-corrected chi connectivity index (χ1v) is 9.55. The Morgan fingerprint density at radius 1 is 1.46 bits per heavy atom. The van der Waals surface area contributed by atoms with Crippen LogP contribution in [0.2, 0.25) is 5.02 Å². The molecular weight excluding hydrogens is 344 g/mol. The summed E-state index contributed by atoms with van der Waals surface area (Å²) in [4.78, 5) is 17.0. The Morgan fingerprint density at radius 3 is 3.17 bits per heavy atom. The van der Waals surface area contributed by atoms with E-state index >= 15 is 0 Å². The van der Waals surface area contributed by atoms with E-state index in [1.165, 1.54) is 36.2 Å². The third-order valence-corrected chi connectivity index (χ3v) is 6.28. The fraction of sp³-hybridized carbons (Fsp3) is 0.444. The molecule has 6 heteroatoms. The number of fused-ring (bicyclic) bond motifs is 3. The number of thiazole rings is 1. The summed E-state index contributed by atoms with van der Waals surface area (Å²) in [6.45, 7) is 2.19. The Kier molecular flexibility index (Phi) is 4.22. The Hall–Kier alpha value is -1.59. The highest BCUT2D eigenvalue weighted by Gasteiger charge is 2.41. The van der Waals surface area contributed by atoms with Crippen LogP contribution in [0.15, 0.2) is 24.4 Å². The molecule has 1 fully saturated rings. The van der Waals surface area contributed by atoms with Crippen LogP contribution in [-0.4, -0.2) is 17.6 Å². The number of nitrogens with one attached hydrogen (secondary N) is 1. The minimum atomic E-state index is -0.285. The molecule has 1 aliphatic heterocycles. The number of carbonyl (C=O) groups excluding carboxylic acids is 1. The van der Waals surface area contributed by atoms with Gasteiger partial charge in [0.15, 0.2) is 0 Å². The van der Waals surface area contributed by atoms with E-state index in [0.717, 1.165) is 15.7 Å². The third-order valence-electron chi connectivity index (χ3n) is 4.99. The van der Waals surface area contributed by atoms with E-state index in [1.54, 1.807) is 6.20 Å². The zero-order chi connectivity index (χ0) is 16.7. The Morgan fingerprint density at radius 2 is 2.33 bits per heavy atom. The molecule has 4 rings (SSSR count). The van der Waals surface area contributed by atoms with Gasteiger partial charge in [-0.2, -0.15) is 0 Å². The van der Waals surface area contributed by atoms with Crippen molar-refractivity contribution in [3.05, 3.63) is 44.9 Å². The van der Waals surface area contributed by atoms with Gasteiger partial charge in [0.2, 0.25) is 0 Å². The Balaban J connectivity index is 1.67. The van der Waals surface area contributed by atoms with Crippen LogP contribution in [-0.2, 0) is 4.74 Å². The first-order valence-electron chi connectivity index (χ1n) is 8.36. The summed E-state index contributed by atoms with van der Waals surface area (Å²) in [5, 5.41) is 5.39. The third kappa shape index (κ3) is 2.70. The number of rotatable bonds is 3. The summed E-state index contributed by atoms with van der Waals surface area (Å²) in [6.07, 6.45) is 5.21. The van der Waals surface area contributed by atoms with Gasteiger partial charge in [0.1, 0.15) is 9.88 Å². The maximum Gasteiger partial charge on any atom is 0.349 e. The number of ether oxygens (including phenoxy) is 1. The summed E-state index contributed by atoms with van der Waals surface area (Å²) in [5.41, 5.74) is 2.46. The van der Waals surface area contributed by atoms with Gasteiger partial charge in [-0.05, 0) is 55.4 Å². The molecule has 0 amide bonds. The molecule has 0 saturated heterocycles. The summed E-state index contributed by atoms with van der Waals surface area (Å²) < 4.78 is 5.08. The molecule has 1 N–H and O–H groups in total. The smallest absolute Gasteiger partial charge is 0.349 e. The van der Waals surface area contributed by atoms with Gasteiger partial charge in [0, 0.05) is 10.7 Å². The minimum absolute atomic E-state index is 0.152. The van der Waals surface area contributed by atoms with Crippen molar-refractivity contribution in [2.24, 2.45) is 5.92 Å². The molecule has 2 aromatic rings. The van der Waals surface area contributed by atoms with E-state index in [4.69, 9.17) is 16.3 Å². The normalized spacial score (nSPS) is 24.8. The zero-order valence-electron chi connectivity index (χ0n) is 13.4. The van der Waals surface area contributed by atoms with E-state index in [0.29, 0.717) is 23.3 Å². The van der Waals surface area contributed by atoms with Gasteiger partial charge >= 0.3 is 5.97 Å². The molecule has 1 aromatic heterocycles. The van der Waals surface area contributed by atoms with Crippen LogP contribution >= 0.6 is 22.9 Å². The van der Waals surface area contributed by atoms with Gasteiger partial charge in [-0.3, -0.25) is 0 Å². The largest absolute Gasteiger partial charge is 0.462 e. The minimum Gasteiger partial charge on any atom is -0.462 e. The highest BCUT2D eigenvalue weighted by atomic mass is 35.5. The molecule has 1 saturated carbocycles. The summed E-state index contributed by atoms with van der Waals surface area (Å²) in [7, 11) is 0. The van der Waals surface area contributed by atoms with Crippen LogP contribution in [0, 0.1) is 5.92 Å². The van der Waals surface area contributed by atoms with Crippen molar-refractivity contribution >= 4 is 34.6 Å². The number of aromatic nitrogens is 1. The lowest BCUT2D eigenvalue weighted by Gasteiger charge is -2.36. The van der Waals surface area contributed by atoms with Crippen molar-refractivity contribution in [3.8, 4) is 0 Å². The second-order valence-electron chi connectivity index (χ2n) is 6.34. The highest BCUT2D eigenvalue weighted by molar-refractivity contribution is 7.13. The highest BCUT2D eigenvalue weighted by Crippen LogP contribution is 2.53. The fourth-order valence-electron chi connectivity index (χ4n) is 3.99. The number of anilines is 1. The van der Waals surface area contributed by atoms with Gasteiger partial charge in [-0.15, -0.1) is 11.3 Å². The molecule has 2 heterocycles. The van der Waals surface area contributed by atoms with Crippen LogP contribution in [0.5, 0.6) is 0 Å². The first kappa shape index (κ1) is 15.9. The van der Waals surface area contributed by atoms with Gasteiger partial charge in [-0.25, -0.2) is 9.78 Å². The molecule has 1 aliphatic carbocycles. The zero-order valence-corrected chi connectivity index (χ0v) is 15.0. The maximum absolute atomic E-state index is 11.9. The molecule has 0 unspecified atom stereocenters. The first-order chi connectivity index (χ1) is 11.7. The van der Waals surface area contributed by atoms with Crippen molar-refractivity contribution in [2.45, 2.75) is 38.1 Å². The maximum atomic E-state index is 11.9. The lowest BCUT2D eigenvalue weighted by atomic mass is 9.80. The quantitative estimate of drug-likeness (QED) is 0.778. The van der Waals surface area contributed by atoms with Gasteiger partial charge in [0.25, 0.3) is 0 Å². The SMILES string of the molecule is CCOC(=O)c1cnc([C@@H]2Nc3ccc(Cl)cc3[C@@H]3CCC[C@@H]32)s1. The number of nitrogens with zero attached hydrogens (tertiary/aromatic N) is 1. The average molecular weight is 363 g/mol. The molecule has 0 bridgehead atoms. The van der Waals surface area contributed by atoms with Crippen LogP contribution < -0.4 is 5.32 Å². The van der Waals surface area contributed by atoms with Crippen molar-refractivity contribution in [1.29, 1.82) is 0 Å². The topological polar surface area (TPSA) is 51.2 Å². The number of benzene rings is 1. The van der Waals surface area contributed by atoms with Gasteiger partial charge < -0.3 is 10.1 Å². The van der Waals surface area contributed by atoms with Crippen LogP contribution in [0.4, 0.5) is 5.69 Å². The van der Waals surface area contributed by atoms with Crippen molar-refractivity contribution in [3.63, 3.8) is 0 Å². The van der Waals surface area contributed by atoms with E-state index in [1.807, 2.05) is 13.0 Å². The van der Waals surface area contributed by atoms with Crippen molar-refractivity contribution in [1.82, 2.24) is 4.98 Å². The van der Waals surface area contributed by atoms with Crippen LogP contribution in [0.25, 0.3) is 0 Å².